The highest BCUT2D eigenvalue weighted by atomic mass is 79.9. The molecule has 1 aliphatic carbocycles. The first-order valence-corrected chi connectivity index (χ1v) is 7.78. The van der Waals surface area contributed by atoms with Gasteiger partial charge < -0.3 is 10.5 Å². The number of halogens is 2. The van der Waals surface area contributed by atoms with Crippen LogP contribution in [0.2, 0.25) is 0 Å². The molecule has 2 unspecified atom stereocenters. The van der Waals surface area contributed by atoms with Gasteiger partial charge in [0, 0.05) is 12.1 Å². The van der Waals surface area contributed by atoms with Crippen LogP contribution in [0.15, 0.2) is 16.6 Å². The van der Waals surface area contributed by atoms with Gasteiger partial charge >= 0.3 is 5.69 Å². The Hall–Kier alpha value is -1.21. The summed E-state index contributed by atoms with van der Waals surface area (Å²) in [6.45, 7) is 0.925. The first kappa shape index (κ1) is 16.2. The van der Waals surface area contributed by atoms with Crippen LogP contribution in [0.1, 0.15) is 25.7 Å². The molecule has 0 amide bonds. The number of nitrogens with zero attached hydrogens (tertiary/aromatic N) is 1. The second-order valence-electron chi connectivity index (χ2n) is 5.34. The molecule has 2 N–H and O–H groups in total. The Bertz CT molecular complexity index is 527. The van der Waals surface area contributed by atoms with E-state index in [0.29, 0.717) is 19.1 Å². The highest BCUT2D eigenvalue weighted by Gasteiger charge is 2.26. The number of benzene rings is 1. The van der Waals surface area contributed by atoms with Gasteiger partial charge in [0.2, 0.25) is 0 Å². The summed E-state index contributed by atoms with van der Waals surface area (Å²) in [5, 5.41) is 11.0. The van der Waals surface area contributed by atoms with Crippen LogP contribution in [0.25, 0.3) is 0 Å². The Kier molecular flexibility index (Phi) is 5.52. The fourth-order valence-electron chi connectivity index (χ4n) is 2.79. The molecule has 21 heavy (non-hydrogen) atoms. The molecule has 2 rings (SSSR count). The summed E-state index contributed by atoms with van der Waals surface area (Å²) >= 11 is 2.95. The summed E-state index contributed by atoms with van der Waals surface area (Å²) in [6.07, 6.45) is 4.32. The number of nitrogens with two attached hydrogens (primary N) is 1. The minimum absolute atomic E-state index is 0.0259. The van der Waals surface area contributed by atoms with Gasteiger partial charge in [-0.1, -0.05) is 12.8 Å². The minimum atomic E-state index is -0.574. The monoisotopic (exact) mass is 360 g/mol. The zero-order chi connectivity index (χ0) is 15.4. The Labute approximate surface area is 130 Å². The van der Waals surface area contributed by atoms with Crippen molar-refractivity contribution in [2.24, 2.45) is 17.6 Å². The third-order valence-corrected chi connectivity index (χ3v) is 4.63. The van der Waals surface area contributed by atoms with Crippen molar-refractivity contribution in [3.05, 3.63) is 32.5 Å². The van der Waals surface area contributed by atoms with E-state index in [0.717, 1.165) is 37.8 Å². The van der Waals surface area contributed by atoms with E-state index in [4.69, 9.17) is 10.5 Å². The molecule has 0 spiro atoms. The second kappa shape index (κ2) is 7.17. The molecule has 0 aromatic heterocycles. The number of hydrogen-bond acceptors (Lipinski definition) is 4. The molecule has 5 nitrogen and oxygen atoms in total. The largest absolute Gasteiger partial charge is 0.486 e. The first-order valence-electron chi connectivity index (χ1n) is 6.99. The maximum Gasteiger partial charge on any atom is 0.312 e. The van der Waals surface area contributed by atoms with Gasteiger partial charge in [-0.05, 0) is 47.2 Å². The molecule has 2 atom stereocenters. The lowest BCUT2D eigenvalue weighted by Crippen LogP contribution is -2.30. The van der Waals surface area contributed by atoms with Crippen molar-refractivity contribution in [2.75, 3.05) is 13.2 Å². The predicted molar refractivity (Wildman–Crippen MR) is 80.8 cm³/mol. The highest BCUT2D eigenvalue weighted by Crippen LogP contribution is 2.35. The quantitative estimate of drug-likeness (QED) is 0.642. The summed E-state index contributed by atoms with van der Waals surface area (Å²) in [5.74, 6) is 0.0461. The van der Waals surface area contributed by atoms with Gasteiger partial charge in [0.25, 0.3) is 0 Å². The molecule has 1 aromatic rings. The van der Waals surface area contributed by atoms with E-state index in [-0.39, 0.29) is 21.8 Å². The van der Waals surface area contributed by atoms with Crippen LogP contribution < -0.4 is 10.5 Å². The molecule has 0 heterocycles. The van der Waals surface area contributed by atoms with Crippen molar-refractivity contribution >= 4 is 21.6 Å². The summed E-state index contributed by atoms with van der Waals surface area (Å²) in [6, 6.07) is 2.19. The van der Waals surface area contributed by atoms with E-state index in [1.807, 2.05) is 0 Å². The van der Waals surface area contributed by atoms with Crippen molar-refractivity contribution in [2.45, 2.75) is 25.7 Å². The highest BCUT2D eigenvalue weighted by molar-refractivity contribution is 9.10. The topological polar surface area (TPSA) is 78.4 Å². The SMILES string of the molecule is NCC1CCCCC1COc1cc(F)c(Br)cc1[N+](=O)[O-]. The number of ether oxygens (including phenoxy) is 1. The molecule has 0 saturated heterocycles. The maximum absolute atomic E-state index is 13.6. The van der Waals surface area contributed by atoms with Gasteiger partial charge in [0.15, 0.2) is 5.75 Å². The summed E-state index contributed by atoms with van der Waals surface area (Å²) < 4.78 is 19.2. The Morgan fingerprint density at radius 3 is 2.67 bits per heavy atom. The van der Waals surface area contributed by atoms with Crippen LogP contribution >= 0.6 is 15.9 Å². The number of hydrogen-bond donors (Lipinski definition) is 1. The lowest BCUT2D eigenvalue weighted by atomic mass is 9.80. The average Bonchev–Trinajstić information content (AvgIpc) is 2.48. The van der Waals surface area contributed by atoms with E-state index in [9.17, 15) is 14.5 Å². The van der Waals surface area contributed by atoms with Crippen LogP contribution in [-0.2, 0) is 0 Å². The van der Waals surface area contributed by atoms with Crippen molar-refractivity contribution in [3.63, 3.8) is 0 Å². The van der Waals surface area contributed by atoms with Gasteiger partial charge in [-0.25, -0.2) is 4.39 Å². The molecule has 1 aliphatic rings. The van der Waals surface area contributed by atoms with Crippen molar-refractivity contribution < 1.29 is 14.1 Å². The molecule has 0 aliphatic heterocycles. The maximum atomic E-state index is 13.6. The summed E-state index contributed by atoms with van der Waals surface area (Å²) in [4.78, 5) is 10.5. The predicted octanol–water partition coefficient (Wildman–Crippen LogP) is 3.64. The first-order chi connectivity index (χ1) is 10.0. The van der Waals surface area contributed by atoms with Crippen molar-refractivity contribution in [1.82, 2.24) is 0 Å². The lowest BCUT2D eigenvalue weighted by molar-refractivity contribution is -0.386. The van der Waals surface area contributed by atoms with Gasteiger partial charge in [0.05, 0.1) is 16.0 Å². The molecule has 0 radical (unpaired) electrons. The molecule has 1 saturated carbocycles. The van der Waals surface area contributed by atoms with Crippen LogP contribution in [0, 0.1) is 27.8 Å². The zero-order valence-electron chi connectivity index (χ0n) is 11.6. The van der Waals surface area contributed by atoms with Gasteiger partial charge in [-0.3, -0.25) is 10.1 Å². The fraction of sp³-hybridized carbons (Fsp3) is 0.571. The van der Waals surface area contributed by atoms with Crippen LogP contribution in [0.4, 0.5) is 10.1 Å². The van der Waals surface area contributed by atoms with E-state index in [2.05, 4.69) is 15.9 Å². The smallest absolute Gasteiger partial charge is 0.312 e. The van der Waals surface area contributed by atoms with E-state index >= 15 is 0 Å². The molecular formula is C14H18BrFN2O3. The fourth-order valence-corrected chi connectivity index (χ4v) is 3.12. The zero-order valence-corrected chi connectivity index (χ0v) is 13.1. The molecule has 7 heteroatoms. The Morgan fingerprint density at radius 2 is 2.05 bits per heavy atom. The van der Waals surface area contributed by atoms with Crippen LogP contribution in [0.3, 0.4) is 0 Å². The summed E-state index contributed by atoms with van der Waals surface area (Å²) in [5.41, 5.74) is 5.52. The normalized spacial score (nSPS) is 22.0. The van der Waals surface area contributed by atoms with Crippen molar-refractivity contribution in [1.29, 1.82) is 0 Å². The molecule has 116 valence electrons. The second-order valence-corrected chi connectivity index (χ2v) is 6.20. The van der Waals surface area contributed by atoms with Crippen LogP contribution in [0.5, 0.6) is 5.75 Å². The third kappa shape index (κ3) is 3.91. The van der Waals surface area contributed by atoms with E-state index in [1.54, 1.807) is 0 Å². The Balaban J connectivity index is 2.11. The van der Waals surface area contributed by atoms with E-state index < -0.39 is 10.7 Å². The minimum Gasteiger partial charge on any atom is -0.486 e. The van der Waals surface area contributed by atoms with E-state index in [1.165, 1.54) is 0 Å². The number of nitro groups is 1. The molecule has 0 bridgehead atoms. The van der Waals surface area contributed by atoms with Crippen molar-refractivity contribution in [3.8, 4) is 5.75 Å². The summed E-state index contributed by atoms with van der Waals surface area (Å²) in [7, 11) is 0. The number of nitro benzene ring substituents is 1. The third-order valence-electron chi connectivity index (χ3n) is 4.02. The van der Waals surface area contributed by atoms with Crippen LogP contribution in [-0.4, -0.2) is 18.1 Å². The number of rotatable bonds is 5. The van der Waals surface area contributed by atoms with Gasteiger partial charge in [-0.15, -0.1) is 0 Å². The van der Waals surface area contributed by atoms with Gasteiger partial charge in [0.1, 0.15) is 5.82 Å². The lowest BCUT2D eigenvalue weighted by Gasteiger charge is -2.30. The molecular weight excluding hydrogens is 343 g/mol. The molecule has 1 aromatic carbocycles. The van der Waals surface area contributed by atoms with Gasteiger partial charge in [-0.2, -0.15) is 0 Å². The Morgan fingerprint density at radius 1 is 1.38 bits per heavy atom. The molecule has 1 fully saturated rings. The standard InChI is InChI=1S/C14H18BrFN2O3/c15-11-5-13(18(19)20)14(6-12(11)16)21-8-10-4-2-1-3-9(10)7-17/h5-6,9-10H,1-4,7-8,17H2. The average molecular weight is 361 g/mol.